The maximum absolute atomic E-state index is 11.9. The fourth-order valence-corrected chi connectivity index (χ4v) is 2.20. The van der Waals surface area contributed by atoms with Crippen LogP contribution >= 0.6 is 11.6 Å². The standard InChI is InChI=1S/C19H19ClN2O2/c1-22(2)19(24)13-14-7-10-16(11-8-14)21-18(23)12-9-15-5-3-4-6-17(15)20/h3-12H,13H2,1-2H3,(H,21,23). The first kappa shape index (κ1) is 17.8. The fraction of sp³-hybridized carbons (Fsp3) is 0.158. The zero-order valence-corrected chi connectivity index (χ0v) is 14.4. The summed E-state index contributed by atoms with van der Waals surface area (Å²) >= 11 is 6.04. The van der Waals surface area contributed by atoms with Crippen LogP contribution in [-0.4, -0.2) is 30.8 Å². The van der Waals surface area contributed by atoms with Gasteiger partial charge in [0.15, 0.2) is 0 Å². The second-order valence-electron chi connectivity index (χ2n) is 5.51. The van der Waals surface area contributed by atoms with Crippen molar-refractivity contribution < 1.29 is 9.59 Å². The molecule has 0 heterocycles. The third-order valence-corrected chi connectivity index (χ3v) is 3.74. The van der Waals surface area contributed by atoms with Crippen LogP contribution in [0.3, 0.4) is 0 Å². The van der Waals surface area contributed by atoms with Gasteiger partial charge in [0.2, 0.25) is 11.8 Å². The second kappa shape index (κ2) is 8.31. The first-order chi connectivity index (χ1) is 11.5. The van der Waals surface area contributed by atoms with Crippen LogP contribution in [0.25, 0.3) is 6.08 Å². The van der Waals surface area contributed by atoms with Gasteiger partial charge in [0.1, 0.15) is 0 Å². The van der Waals surface area contributed by atoms with E-state index in [9.17, 15) is 9.59 Å². The van der Waals surface area contributed by atoms with Crippen molar-refractivity contribution in [3.05, 3.63) is 70.8 Å². The molecule has 0 bridgehead atoms. The van der Waals surface area contributed by atoms with E-state index in [4.69, 9.17) is 11.6 Å². The molecule has 2 rings (SSSR count). The Morgan fingerprint density at radius 3 is 2.38 bits per heavy atom. The van der Waals surface area contributed by atoms with Crippen LogP contribution in [0.5, 0.6) is 0 Å². The molecule has 0 aliphatic carbocycles. The monoisotopic (exact) mass is 342 g/mol. The number of carbonyl (C=O) groups excluding carboxylic acids is 2. The SMILES string of the molecule is CN(C)C(=O)Cc1ccc(NC(=O)C=Cc2ccccc2Cl)cc1. The Morgan fingerprint density at radius 2 is 1.75 bits per heavy atom. The van der Waals surface area contributed by atoms with Gasteiger partial charge < -0.3 is 10.2 Å². The first-order valence-electron chi connectivity index (χ1n) is 7.48. The molecule has 0 radical (unpaired) electrons. The number of hydrogen-bond acceptors (Lipinski definition) is 2. The Bertz CT molecular complexity index is 752. The molecule has 0 unspecified atom stereocenters. The van der Waals surface area contributed by atoms with Crippen LogP contribution in [0.15, 0.2) is 54.6 Å². The smallest absolute Gasteiger partial charge is 0.248 e. The summed E-state index contributed by atoms with van der Waals surface area (Å²) in [7, 11) is 3.45. The van der Waals surface area contributed by atoms with Crippen molar-refractivity contribution in [2.75, 3.05) is 19.4 Å². The summed E-state index contributed by atoms with van der Waals surface area (Å²) in [6, 6.07) is 14.5. The molecule has 0 saturated heterocycles. The van der Waals surface area contributed by atoms with Crippen LogP contribution < -0.4 is 5.32 Å². The molecule has 0 atom stereocenters. The lowest BCUT2D eigenvalue weighted by Gasteiger charge is -2.10. The van der Waals surface area contributed by atoms with Crippen LogP contribution in [0.4, 0.5) is 5.69 Å². The molecule has 2 amide bonds. The van der Waals surface area contributed by atoms with Gasteiger partial charge in [-0.15, -0.1) is 0 Å². The van der Waals surface area contributed by atoms with Gasteiger partial charge in [0, 0.05) is 30.9 Å². The van der Waals surface area contributed by atoms with Gasteiger partial charge >= 0.3 is 0 Å². The molecule has 2 aromatic carbocycles. The number of nitrogens with zero attached hydrogens (tertiary/aromatic N) is 1. The van der Waals surface area contributed by atoms with Gasteiger partial charge in [-0.2, -0.15) is 0 Å². The van der Waals surface area contributed by atoms with Gasteiger partial charge in [0.05, 0.1) is 6.42 Å². The largest absolute Gasteiger partial charge is 0.349 e. The fourth-order valence-electron chi connectivity index (χ4n) is 2.00. The topological polar surface area (TPSA) is 49.4 Å². The van der Waals surface area contributed by atoms with E-state index in [-0.39, 0.29) is 11.8 Å². The zero-order valence-electron chi connectivity index (χ0n) is 13.6. The van der Waals surface area contributed by atoms with Gasteiger partial charge in [0.25, 0.3) is 0 Å². The van der Waals surface area contributed by atoms with E-state index in [2.05, 4.69) is 5.32 Å². The van der Waals surface area contributed by atoms with Gasteiger partial charge in [-0.25, -0.2) is 0 Å². The molecule has 0 aromatic heterocycles. The van der Waals surface area contributed by atoms with Crippen LogP contribution in [-0.2, 0) is 16.0 Å². The van der Waals surface area contributed by atoms with Crippen molar-refractivity contribution in [3.63, 3.8) is 0 Å². The Hall–Kier alpha value is -2.59. The Labute approximate surface area is 146 Å². The summed E-state index contributed by atoms with van der Waals surface area (Å²) in [5, 5.41) is 3.36. The highest BCUT2D eigenvalue weighted by Crippen LogP contribution is 2.16. The van der Waals surface area contributed by atoms with E-state index in [1.54, 1.807) is 43.3 Å². The molecule has 0 aliphatic rings. The van der Waals surface area contributed by atoms with Crippen LogP contribution in [0.2, 0.25) is 5.02 Å². The lowest BCUT2D eigenvalue weighted by atomic mass is 10.1. The van der Waals surface area contributed by atoms with E-state index in [1.165, 1.54) is 6.08 Å². The number of likely N-dealkylation sites (N-methyl/N-ethyl adjacent to an activating group) is 1. The third-order valence-electron chi connectivity index (χ3n) is 3.40. The average Bonchev–Trinajstić information content (AvgIpc) is 2.56. The highest BCUT2D eigenvalue weighted by molar-refractivity contribution is 6.32. The molecule has 0 fully saturated rings. The summed E-state index contributed by atoms with van der Waals surface area (Å²) in [6.45, 7) is 0. The number of nitrogens with one attached hydrogen (secondary N) is 1. The Kier molecular flexibility index (Phi) is 6.15. The van der Waals surface area contributed by atoms with Gasteiger partial charge in [-0.1, -0.05) is 41.9 Å². The maximum atomic E-state index is 11.9. The summed E-state index contributed by atoms with van der Waals surface area (Å²) in [5.74, 6) is -0.207. The van der Waals surface area contributed by atoms with Crippen molar-refractivity contribution in [1.29, 1.82) is 0 Å². The zero-order chi connectivity index (χ0) is 17.5. The maximum Gasteiger partial charge on any atom is 0.248 e. The average molecular weight is 343 g/mol. The minimum Gasteiger partial charge on any atom is -0.349 e. The van der Waals surface area contributed by atoms with E-state index in [1.807, 2.05) is 30.3 Å². The van der Waals surface area contributed by atoms with E-state index >= 15 is 0 Å². The predicted octanol–water partition coefficient (Wildman–Crippen LogP) is 3.62. The summed E-state index contributed by atoms with van der Waals surface area (Å²) in [4.78, 5) is 25.2. The molecule has 4 nitrogen and oxygen atoms in total. The summed E-state index contributed by atoms with van der Waals surface area (Å²) < 4.78 is 0. The molecule has 0 aliphatic heterocycles. The number of halogens is 1. The predicted molar refractivity (Wildman–Crippen MR) is 98.0 cm³/mol. The molecule has 24 heavy (non-hydrogen) atoms. The number of rotatable bonds is 5. The second-order valence-corrected chi connectivity index (χ2v) is 5.91. The molecule has 0 spiro atoms. The highest BCUT2D eigenvalue weighted by Gasteiger charge is 2.06. The van der Waals surface area contributed by atoms with Crippen molar-refractivity contribution in [2.45, 2.75) is 6.42 Å². The van der Waals surface area contributed by atoms with Gasteiger partial charge in [-0.3, -0.25) is 9.59 Å². The number of amides is 2. The summed E-state index contributed by atoms with van der Waals surface area (Å²) in [6.07, 6.45) is 3.44. The first-order valence-corrected chi connectivity index (χ1v) is 7.86. The summed E-state index contributed by atoms with van der Waals surface area (Å²) in [5.41, 5.74) is 2.36. The normalized spacial score (nSPS) is 10.6. The number of carbonyl (C=O) groups is 2. The molecule has 5 heteroatoms. The van der Waals surface area contributed by atoms with Crippen molar-refractivity contribution >= 4 is 35.2 Å². The molecule has 0 saturated carbocycles. The van der Waals surface area contributed by atoms with Crippen molar-refractivity contribution in [1.82, 2.24) is 4.90 Å². The van der Waals surface area contributed by atoms with Gasteiger partial charge in [-0.05, 0) is 35.4 Å². The van der Waals surface area contributed by atoms with Crippen molar-refractivity contribution in [3.8, 4) is 0 Å². The van der Waals surface area contributed by atoms with Crippen LogP contribution in [0, 0.1) is 0 Å². The third kappa shape index (κ3) is 5.25. The van der Waals surface area contributed by atoms with E-state index in [0.29, 0.717) is 17.1 Å². The molecular weight excluding hydrogens is 324 g/mol. The highest BCUT2D eigenvalue weighted by atomic mass is 35.5. The molecule has 1 N–H and O–H groups in total. The number of hydrogen-bond donors (Lipinski definition) is 1. The quantitative estimate of drug-likeness (QED) is 0.844. The Morgan fingerprint density at radius 1 is 1.08 bits per heavy atom. The number of anilines is 1. The lowest BCUT2D eigenvalue weighted by molar-refractivity contribution is -0.128. The lowest BCUT2D eigenvalue weighted by Crippen LogP contribution is -2.23. The van der Waals surface area contributed by atoms with Crippen molar-refractivity contribution in [2.24, 2.45) is 0 Å². The minimum atomic E-state index is -0.243. The van der Waals surface area contributed by atoms with E-state index in [0.717, 1.165) is 11.1 Å². The molecular formula is C19H19ClN2O2. The molecule has 124 valence electrons. The minimum absolute atomic E-state index is 0.0365. The molecule has 2 aromatic rings. The number of benzene rings is 2. The van der Waals surface area contributed by atoms with Crippen LogP contribution in [0.1, 0.15) is 11.1 Å². The Balaban J connectivity index is 1.95. The van der Waals surface area contributed by atoms with E-state index < -0.39 is 0 Å².